The standard InChI is InChI=1S/C10H17N3O3.C6H6/c1-7(2)9(15)12-3-5-13(6-4-12)10(16)8(11)14;1-2-4-6-5-3-1/h7H,3-6H2,1-2H3,(H2,11,14);1-6H. The average Bonchev–Trinajstić information content (AvgIpc) is 2.55. The van der Waals surface area contributed by atoms with E-state index in [2.05, 4.69) is 0 Å². The van der Waals surface area contributed by atoms with Crippen molar-refractivity contribution in [1.29, 1.82) is 0 Å². The predicted molar refractivity (Wildman–Crippen MR) is 83.6 cm³/mol. The van der Waals surface area contributed by atoms with Crippen molar-refractivity contribution >= 4 is 17.7 Å². The summed E-state index contributed by atoms with van der Waals surface area (Å²) in [6, 6.07) is 12.0. The van der Waals surface area contributed by atoms with E-state index < -0.39 is 11.8 Å². The van der Waals surface area contributed by atoms with Crippen LogP contribution < -0.4 is 5.73 Å². The molecule has 22 heavy (non-hydrogen) atoms. The molecule has 120 valence electrons. The highest BCUT2D eigenvalue weighted by Crippen LogP contribution is 2.07. The summed E-state index contributed by atoms with van der Waals surface area (Å²) in [5.41, 5.74) is 4.90. The highest BCUT2D eigenvalue weighted by molar-refractivity contribution is 6.34. The molecule has 0 aromatic heterocycles. The highest BCUT2D eigenvalue weighted by atomic mass is 16.2. The van der Waals surface area contributed by atoms with Gasteiger partial charge in [0.15, 0.2) is 0 Å². The summed E-state index contributed by atoms with van der Waals surface area (Å²) in [7, 11) is 0. The van der Waals surface area contributed by atoms with E-state index in [1.165, 1.54) is 4.90 Å². The maximum Gasteiger partial charge on any atom is 0.311 e. The molecule has 1 fully saturated rings. The van der Waals surface area contributed by atoms with Gasteiger partial charge in [-0.3, -0.25) is 14.4 Å². The van der Waals surface area contributed by atoms with E-state index >= 15 is 0 Å². The number of nitrogens with zero attached hydrogens (tertiary/aromatic N) is 2. The summed E-state index contributed by atoms with van der Waals surface area (Å²) in [5, 5.41) is 0. The Hall–Kier alpha value is -2.37. The summed E-state index contributed by atoms with van der Waals surface area (Å²) in [6.45, 7) is 5.36. The Bertz CT molecular complexity index is 468. The molecule has 0 atom stereocenters. The van der Waals surface area contributed by atoms with Gasteiger partial charge >= 0.3 is 11.8 Å². The molecule has 0 unspecified atom stereocenters. The topological polar surface area (TPSA) is 83.7 Å². The second-order valence-corrected chi connectivity index (χ2v) is 5.29. The van der Waals surface area contributed by atoms with Crippen LogP contribution in [0.25, 0.3) is 0 Å². The monoisotopic (exact) mass is 305 g/mol. The molecule has 0 saturated carbocycles. The zero-order valence-corrected chi connectivity index (χ0v) is 13.1. The van der Waals surface area contributed by atoms with Gasteiger partial charge in [0.2, 0.25) is 5.91 Å². The molecule has 0 bridgehead atoms. The summed E-state index contributed by atoms with van der Waals surface area (Å²) in [4.78, 5) is 36.7. The first-order valence-electron chi connectivity index (χ1n) is 7.31. The van der Waals surface area contributed by atoms with Gasteiger partial charge in [-0.15, -0.1) is 0 Å². The minimum Gasteiger partial charge on any atom is -0.361 e. The zero-order valence-electron chi connectivity index (χ0n) is 13.1. The number of nitrogens with two attached hydrogens (primary N) is 1. The highest BCUT2D eigenvalue weighted by Gasteiger charge is 2.27. The van der Waals surface area contributed by atoms with Crippen LogP contribution in [0.1, 0.15) is 13.8 Å². The SMILES string of the molecule is CC(C)C(=O)N1CCN(C(=O)C(N)=O)CC1.c1ccccc1. The fourth-order valence-corrected chi connectivity index (χ4v) is 2.04. The second kappa shape index (κ2) is 8.81. The lowest BCUT2D eigenvalue weighted by Crippen LogP contribution is -2.53. The van der Waals surface area contributed by atoms with E-state index in [1.807, 2.05) is 50.2 Å². The van der Waals surface area contributed by atoms with Gasteiger partial charge in [-0.2, -0.15) is 0 Å². The van der Waals surface area contributed by atoms with Crippen molar-refractivity contribution in [1.82, 2.24) is 9.80 Å². The second-order valence-electron chi connectivity index (χ2n) is 5.29. The molecule has 1 aromatic rings. The number of hydrogen-bond acceptors (Lipinski definition) is 3. The number of primary amides is 1. The van der Waals surface area contributed by atoms with Crippen molar-refractivity contribution in [3.63, 3.8) is 0 Å². The van der Waals surface area contributed by atoms with Crippen LogP contribution in [0.5, 0.6) is 0 Å². The molecule has 2 rings (SSSR count). The predicted octanol–water partition coefficient (Wildman–Crippen LogP) is 0.485. The van der Waals surface area contributed by atoms with Crippen LogP contribution in [0.4, 0.5) is 0 Å². The van der Waals surface area contributed by atoms with Crippen molar-refractivity contribution in [2.45, 2.75) is 13.8 Å². The summed E-state index contributed by atoms with van der Waals surface area (Å²) in [6.07, 6.45) is 0. The summed E-state index contributed by atoms with van der Waals surface area (Å²) < 4.78 is 0. The molecular weight excluding hydrogens is 282 g/mol. The summed E-state index contributed by atoms with van der Waals surface area (Å²) >= 11 is 0. The molecule has 6 heteroatoms. The molecule has 0 radical (unpaired) electrons. The molecule has 0 aliphatic carbocycles. The lowest BCUT2D eigenvalue weighted by atomic mass is 10.1. The molecule has 1 aromatic carbocycles. The molecule has 3 amide bonds. The minimum atomic E-state index is -0.941. The number of amides is 3. The smallest absolute Gasteiger partial charge is 0.311 e. The Morgan fingerprint density at radius 3 is 1.50 bits per heavy atom. The van der Waals surface area contributed by atoms with Gasteiger partial charge in [0, 0.05) is 32.1 Å². The first-order valence-corrected chi connectivity index (χ1v) is 7.31. The number of rotatable bonds is 1. The largest absolute Gasteiger partial charge is 0.361 e. The number of carbonyl (C=O) groups is 3. The Morgan fingerprint density at radius 1 is 0.818 bits per heavy atom. The van der Waals surface area contributed by atoms with Crippen LogP contribution in [0, 0.1) is 5.92 Å². The normalized spacial score (nSPS) is 14.1. The van der Waals surface area contributed by atoms with Crippen molar-refractivity contribution in [3.8, 4) is 0 Å². The van der Waals surface area contributed by atoms with E-state index in [0.29, 0.717) is 26.2 Å². The minimum absolute atomic E-state index is 0.0432. The van der Waals surface area contributed by atoms with Crippen LogP contribution in [-0.2, 0) is 14.4 Å². The Morgan fingerprint density at radius 2 is 1.18 bits per heavy atom. The fourth-order valence-electron chi connectivity index (χ4n) is 2.04. The summed E-state index contributed by atoms with van der Waals surface area (Å²) in [5.74, 6) is -1.58. The van der Waals surface area contributed by atoms with Gasteiger partial charge in [0.25, 0.3) is 0 Å². The van der Waals surface area contributed by atoms with E-state index in [1.54, 1.807) is 4.90 Å². The lowest BCUT2D eigenvalue weighted by Gasteiger charge is -2.34. The van der Waals surface area contributed by atoms with Gasteiger partial charge in [-0.05, 0) is 0 Å². The molecule has 1 saturated heterocycles. The van der Waals surface area contributed by atoms with Crippen LogP contribution in [0.3, 0.4) is 0 Å². The Kier molecular flexibility index (Phi) is 7.08. The molecule has 1 aliphatic rings. The zero-order chi connectivity index (χ0) is 16.5. The first-order chi connectivity index (χ1) is 10.4. The number of piperazine rings is 1. The molecule has 1 heterocycles. The number of carbonyl (C=O) groups excluding carboxylic acids is 3. The van der Waals surface area contributed by atoms with E-state index in [9.17, 15) is 14.4 Å². The van der Waals surface area contributed by atoms with Crippen LogP contribution in [0.2, 0.25) is 0 Å². The van der Waals surface area contributed by atoms with Gasteiger partial charge < -0.3 is 15.5 Å². The number of hydrogen-bond donors (Lipinski definition) is 1. The van der Waals surface area contributed by atoms with E-state index in [4.69, 9.17) is 5.73 Å². The molecule has 0 spiro atoms. The maximum absolute atomic E-state index is 11.6. The van der Waals surface area contributed by atoms with Crippen molar-refractivity contribution in [2.24, 2.45) is 11.7 Å². The third kappa shape index (κ3) is 5.55. The van der Waals surface area contributed by atoms with Gasteiger partial charge in [-0.1, -0.05) is 50.2 Å². The van der Waals surface area contributed by atoms with Crippen molar-refractivity contribution in [2.75, 3.05) is 26.2 Å². The third-order valence-corrected chi connectivity index (χ3v) is 3.25. The Labute approximate surface area is 130 Å². The van der Waals surface area contributed by atoms with E-state index in [0.717, 1.165) is 0 Å². The van der Waals surface area contributed by atoms with Gasteiger partial charge in [-0.25, -0.2) is 0 Å². The molecule has 2 N–H and O–H groups in total. The lowest BCUT2D eigenvalue weighted by molar-refractivity contribution is -0.147. The molecule has 1 aliphatic heterocycles. The van der Waals surface area contributed by atoms with Crippen LogP contribution in [-0.4, -0.2) is 53.7 Å². The van der Waals surface area contributed by atoms with Crippen molar-refractivity contribution < 1.29 is 14.4 Å². The Balaban J connectivity index is 0.000000335. The molecule has 6 nitrogen and oxygen atoms in total. The maximum atomic E-state index is 11.6. The van der Waals surface area contributed by atoms with Crippen molar-refractivity contribution in [3.05, 3.63) is 36.4 Å². The van der Waals surface area contributed by atoms with E-state index in [-0.39, 0.29) is 11.8 Å². The quantitative estimate of drug-likeness (QED) is 0.766. The van der Waals surface area contributed by atoms with Gasteiger partial charge in [0.05, 0.1) is 0 Å². The third-order valence-electron chi connectivity index (χ3n) is 3.25. The van der Waals surface area contributed by atoms with Gasteiger partial charge in [0.1, 0.15) is 0 Å². The van der Waals surface area contributed by atoms with Crippen LogP contribution >= 0.6 is 0 Å². The number of benzene rings is 1. The first kappa shape index (κ1) is 17.7. The molecular formula is C16H23N3O3. The van der Waals surface area contributed by atoms with Crippen LogP contribution in [0.15, 0.2) is 36.4 Å². The average molecular weight is 305 g/mol. The fraction of sp³-hybridized carbons (Fsp3) is 0.438.